The topological polar surface area (TPSA) is 55.6 Å². The molecule has 1 fully saturated rings. The molecule has 1 unspecified atom stereocenters. The summed E-state index contributed by atoms with van der Waals surface area (Å²) in [6.45, 7) is 1.15. The molecule has 0 saturated carbocycles. The van der Waals surface area contributed by atoms with E-state index < -0.39 is 0 Å². The lowest BCUT2D eigenvalue weighted by Crippen LogP contribution is -2.49. The number of rotatable bonds is 2. The number of nitrogens with zero attached hydrogens (tertiary/aromatic N) is 1. The van der Waals surface area contributed by atoms with Gasteiger partial charge in [0.15, 0.2) is 0 Å². The Hall–Kier alpha value is -1.39. The molecule has 0 bridgehead atoms. The van der Waals surface area contributed by atoms with Crippen molar-refractivity contribution in [1.82, 2.24) is 0 Å². The van der Waals surface area contributed by atoms with Gasteiger partial charge in [0.05, 0.1) is 12.6 Å². The molecule has 1 aliphatic heterocycles. The van der Waals surface area contributed by atoms with Gasteiger partial charge in [-0.3, -0.25) is 4.79 Å². The number of nitrogens with two attached hydrogens (primary N) is 1. The van der Waals surface area contributed by atoms with Gasteiger partial charge in [-0.05, 0) is 48.9 Å². The summed E-state index contributed by atoms with van der Waals surface area (Å²) in [5.74, 6) is 0.0282. The molecule has 1 saturated heterocycles. The zero-order valence-electron chi connectivity index (χ0n) is 11.1. The number of aryl methyl sites for hydroxylation is 2. The Bertz CT molecular complexity index is 487. The number of carbonyl (C=O) groups is 1. The van der Waals surface area contributed by atoms with E-state index in [0.717, 1.165) is 18.5 Å². The molecule has 19 heavy (non-hydrogen) atoms. The summed E-state index contributed by atoms with van der Waals surface area (Å²) in [4.78, 5) is 13.8. The van der Waals surface area contributed by atoms with Crippen LogP contribution in [0, 0.1) is 0 Å². The molecule has 2 N–H and O–H groups in total. The second-order valence-electron chi connectivity index (χ2n) is 5.33. The van der Waals surface area contributed by atoms with E-state index in [1.54, 1.807) is 0 Å². The van der Waals surface area contributed by atoms with Crippen LogP contribution in [-0.4, -0.2) is 31.7 Å². The van der Waals surface area contributed by atoms with Gasteiger partial charge in [-0.15, -0.1) is 0 Å². The predicted octanol–water partition coefficient (Wildman–Crippen LogP) is 1.26. The van der Waals surface area contributed by atoms with Gasteiger partial charge >= 0.3 is 0 Å². The Morgan fingerprint density at radius 2 is 2.05 bits per heavy atom. The molecular formula is C15H20N2O2. The normalized spacial score (nSPS) is 23.3. The molecule has 0 aromatic heterocycles. The van der Waals surface area contributed by atoms with Gasteiger partial charge in [0.2, 0.25) is 0 Å². The minimum Gasteiger partial charge on any atom is -0.365 e. The maximum atomic E-state index is 12.0. The van der Waals surface area contributed by atoms with Crippen LogP contribution < -0.4 is 10.6 Å². The number of amides is 1. The van der Waals surface area contributed by atoms with Crippen LogP contribution in [-0.2, 0) is 22.4 Å². The molecular weight excluding hydrogens is 240 g/mol. The van der Waals surface area contributed by atoms with Gasteiger partial charge in [-0.2, -0.15) is 0 Å². The molecule has 1 amide bonds. The third-order valence-corrected chi connectivity index (χ3v) is 4.04. The van der Waals surface area contributed by atoms with Gasteiger partial charge in [0, 0.05) is 12.2 Å². The summed E-state index contributed by atoms with van der Waals surface area (Å²) >= 11 is 0. The van der Waals surface area contributed by atoms with E-state index >= 15 is 0 Å². The summed E-state index contributed by atoms with van der Waals surface area (Å²) in [6, 6.07) is 6.40. The smallest absolute Gasteiger partial charge is 0.253 e. The summed E-state index contributed by atoms with van der Waals surface area (Å²) in [5, 5.41) is 0. The largest absolute Gasteiger partial charge is 0.365 e. The minimum atomic E-state index is -0.0475. The highest BCUT2D eigenvalue weighted by Gasteiger charge is 2.27. The van der Waals surface area contributed by atoms with Gasteiger partial charge in [-0.1, -0.05) is 6.07 Å². The number of benzene rings is 1. The first-order chi connectivity index (χ1) is 9.28. The fraction of sp³-hybridized carbons (Fsp3) is 0.533. The molecule has 2 aliphatic rings. The fourth-order valence-electron chi connectivity index (χ4n) is 2.90. The van der Waals surface area contributed by atoms with Gasteiger partial charge in [-0.25, -0.2) is 0 Å². The average Bonchev–Trinajstić information content (AvgIpc) is 2.47. The molecule has 1 atom stereocenters. The van der Waals surface area contributed by atoms with E-state index in [9.17, 15) is 4.79 Å². The monoisotopic (exact) mass is 260 g/mol. The van der Waals surface area contributed by atoms with E-state index in [4.69, 9.17) is 10.5 Å². The van der Waals surface area contributed by atoms with Crippen molar-refractivity contribution in [3.8, 4) is 0 Å². The van der Waals surface area contributed by atoms with Crippen LogP contribution >= 0.6 is 0 Å². The standard InChI is InChI=1S/C15H20N2O2/c16-8-14-9-17(15(18)10-19-14)13-6-5-11-3-1-2-4-12(11)7-13/h5-7,14H,1-4,8-10,16H2. The van der Waals surface area contributed by atoms with Crippen molar-refractivity contribution in [3.63, 3.8) is 0 Å². The number of morpholine rings is 1. The van der Waals surface area contributed by atoms with Gasteiger partial charge in [0.25, 0.3) is 5.91 Å². The quantitative estimate of drug-likeness (QED) is 0.871. The highest BCUT2D eigenvalue weighted by Crippen LogP contribution is 2.27. The highest BCUT2D eigenvalue weighted by molar-refractivity contribution is 5.95. The first-order valence-corrected chi connectivity index (χ1v) is 7.02. The lowest BCUT2D eigenvalue weighted by molar-refractivity contribution is -0.128. The molecule has 0 spiro atoms. The van der Waals surface area contributed by atoms with Crippen molar-refractivity contribution in [2.45, 2.75) is 31.8 Å². The fourth-order valence-corrected chi connectivity index (χ4v) is 2.90. The SMILES string of the molecule is NCC1CN(c2ccc3c(c2)CCCC3)C(=O)CO1. The van der Waals surface area contributed by atoms with E-state index in [1.165, 1.54) is 24.0 Å². The summed E-state index contributed by atoms with van der Waals surface area (Å²) < 4.78 is 5.39. The second kappa shape index (κ2) is 5.31. The van der Waals surface area contributed by atoms with Crippen LogP contribution in [0.3, 0.4) is 0 Å². The van der Waals surface area contributed by atoms with Crippen molar-refractivity contribution in [2.75, 3.05) is 24.6 Å². The number of anilines is 1. The van der Waals surface area contributed by atoms with Crippen molar-refractivity contribution in [1.29, 1.82) is 0 Å². The number of ether oxygens (including phenoxy) is 1. The van der Waals surface area contributed by atoms with Crippen molar-refractivity contribution >= 4 is 11.6 Å². The number of hydrogen-bond donors (Lipinski definition) is 1. The van der Waals surface area contributed by atoms with Crippen molar-refractivity contribution < 1.29 is 9.53 Å². The van der Waals surface area contributed by atoms with E-state index in [-0.39, 0.29) is 18.6 Å². The zero-order chi connectivity index (χ0) is 13.2. The molecule has 3 rings (SSSR count). The Balaban J connectivity index is 1.86. The van der Waals surface area contributed by atoms with Gasteiger partial charge in [0.1, 0.15) is 6.61 Å². The van der Waals surface area contributed by atoms with E-state index in [0.29, 0.717) is 13.1 Å². The van der Waals surface area contributed by atoms with Crippen molar-refractivity contribution in [2.24, 2.45) is 5.73 Å². The van der Waals surface area contributed by atoms with E-state index in [2.05, 4.69) is 18.2 Å². The average molecular weight is 260 g/mol. The maximum absolute atomic E-state index is 12.0. The third-order valence-electron chi connectivity index (χ3n) is 4.04. The first-order valence-electron chi connectivity index (χ1n) is 7.02. The minimum absolute atomic E-state index is 0.0282. The predicted molar refractivity (Wildman–Crippen MR) is 74.2 cm³/mol. The Morgan fingerprint density at radius 3 is 2.84 bits per heavy atom. The Morgan fingerprint density at radius 1 is 1.26 bits per heavy atom. The second-order valence-corrected chi connectivity index (χ2v) is 5.33. The number of carbonyl (C=O) groups excluding carboxylic acids is 1. The molecule has 0 radical (unpaired) electrons. The van der Waals surface area contributed by atoms with Crippen LogP contribution in [0.5, 0.6) is 0 Å². The first kappa shape index (κ1) is 12.6. The summed E-state index contributed by atoms with van der Waals surface area (Å²) in [5.41, 5.74) is 9.46. The Labute approximate surface area is 113 Å². The van der Waals surface area contributed by atoms with Crippen LogP contribution in [0.15, 0.2) is 18.2 Å². The molecule has 4 nitrogen and oxygen atoms in total. The number of fused-ring (bicyclic) bond motifs is 1. The van der Waals surface area contributed by atoms with Crippen LogP contribution in [0.2, 0.25) is 0 Å². The lowest BCUT2D eigenvalue weighted by Gasteiger charge is -2.33. The number of hydrogen-bond acceptors (Lipinski definition) is 3. The maximum Gasteiger partial charge on any atom is 0.253 e. The molecule has 1 heterocycles. The third kappa shape index (κ3) is 2.51. The summed E-state index contributed by atoms with van der Waals surface area (Å²) in [6.07, 6.45) is 4.77. The van der Waals surface area contributed by atoms with Crippen molar-refractivity contribution in [3.05, 3.63) is 29.3 Å². The van der Waals surface area contributed by atoms with Gasteiger partial charge < -0.3 is 15.4 Å². The molecule has 4 heteroatoms. The highest BCUT2D eigenvalue weighted by atomic mass is 16.5. The molecule has 1 aromatic carbocycles. The van der Waals surface area contributed by atoms with Crippen LogP contribution in [0.4, 0.5) is 5.69 Å². The van der Waals surface area contributed by atoms with Crippen LogP contribution in [0.1, 0.15) is 24.0 Å². The summed E-state index contributed by atoms with van der Waals surface area (Å²) in [7, 11) is 0. The Kier molecular flexibility index (Phi) is 3.53. The zero-order valence-corrected chi connectivity index (χ0v) is 11.1. The molecule has 1 aromatic rings. The molecule has 1 aliphatic carbocycles. The van der Waals surface area contributed by atoms with E-state index in [1.807, 2.05) is 4.90 Å². The van der Waals surface area contributed by atoms with Crippen LogP contribution in [0.25, 0.3) is 0 Å². The molecule has 102 valence electrons. The lowest BCUT2D eigenvalue weighted by atomic mass is 9.91.